The summed E-state index contributed by atoms with van der Waals surface area (Å²) in [7, 11) is 0. The van der Waals surface area contributed by atoms with E-state index in [0.717, 1.165) is 17.9 Å². The van der Waals surface area contributed by atoms with Gasteiger partial charge in [-0.1, -0.05) is 25.9 Å². The number of phenols is 1. The standard InChI is InChI=1S/C14H19N3O2/c1-14(2,3)8-12-16-13(19-17-12)9-15-10-4-6-11(18)7-5-10/h4-7,15,18H,8-9H2,1-3H3. The summed E-state index contributed by atoms with van der Waals surface area (Å²) >= 11 is 0. The Hall–Kier alpha value is -2.04. The molecule has 0 saturated heterocycles. The van der Waals surface area contributed by atoms with Gasteiger partial charge in [-0.05, 0) is 29.7 Å². The number of benzene rings is 1. The third-order valence-electron chi connectivity index (χ3n) is 2.51. The number of anilines is 1. The van der Waals surface area contributed by atoms with Gasteiger partial charge in [-0.2, -0.15) is 4.98 Å². The fraction of sp³-hybridized carbons (Fsp3) is 0.429. The van der Waals surface area contributed by atoms with E-state index in [9.17, 15) is 5.11 Å². The molecule has 1 aromatic carbocycles. The highest BCUT2D eigenvalue weighted by Crippen LogP contribution is 2.19. The maximum absolute atomic E-state index is 9.18. The van der Waals surface area contributed by atoms with E-state index in [1.54, 1.807) is 24.3 Å². The van der Waals surface area contributed by atoms with Gasteiger partial charge >= 0.3 is 0 Å². The first-order valence-electron chi connectivity index (χ1n) is 6.27. The first kappa shape index (κ1) is 13.4. The van der Waals surface area contributed by atoms with Crippen LogP contribution in [0.4, 0.5) is 5.69 Å². The van der Waals surface area contributed by atoms with Crippen LogP contribution in [0, 0.1) is 5.41 Å². The zero-order valence-electron chi connectivity index (χ0n) is 11.5. The van der Waals surface area contributed by atoms with Gasteiger partial charge in [0.2, 0.25) is 5.89 Å². The lowest BCUT2D eigenvalue weighted by Crippen LogP contribution is -2.10. The number of aromatic hydroxyl groups is 1. The van der Waals surface area contributed by atoms with Crippen LogP contribution in [-0.4, -0.2) is 15.2 Å². The second-order valence-corrected chi connectivity index (χ2v) is 5.74. The largest absolute Gasteiger partial charge is 0.508 e. The summed E-state index contributed by atoms with van der Waals surface area (Å²) in [5.41, 5.74) is 1.04. The Kier molecular flexibility index (Phi) is 3.74. The number of nitrogens with one attached hydrogen (secondary N) is 1. The number of rotatable bonds is 4. The first-order chi connectivity index (χ1) is 8.92. The zero-order valence-corrected chi connectivity index (χ0v) is 11.5. The van der Waals surface area contributed by atoms with Gasteiger partial charge in [0, 0.05) is 12.1 Å². The Morgan fingerprint density at radius 2 is 1.89 bits per heavy atom. The van der Waals surface area contributed by atoms with Gasteiger partial charge in [0.25, 0.3) is 0 Å². The Balaban J connectivity index is 1.91. The monoisotopic (exact) mass is 261 g/mol. The molecule has 0 aliphatic carbocycles. The van der Waals surface area contributed by atoms with E-state index >= 15 is 0 Å². The lowest BCUT2D eigenvalue weighted by Gasteiger charge is -2.14. The highest BCUT2D eigenvalue weighted by Gasteiger charge is 2.16. The van der Waals surface area contributed by atoms with E-state index in [2.05, 4.69) is 36.2 Å². The SMILES string of the molecule is CC(C)(C)Cc1noc(CNc2ccc(O)cc2)n1. The van der Waals surface area contributed by atoms with Gasteiger partial charge in [-0.15, -0.1) is 0 Å². The zero-order chi connectivity index (χ0) is 13.9. The van der Waals surface area contributed by atoms with Crippen LogP contribution < -0.4 is 5.32 Å². The van der Waals surface area contributed by atoms with E-state index in [4.69, 9.17) is 4.52 Å². The summed E-state index contributed by atoms with van der Waals surface area (Å²) in [4.78, 5) is 4.34. The Bertz CT molecular complexity index is 526. The molecule has 102 valence electrons. The Morgan fingerprint density at radius 1 is 1.21 bits per heavy atom. The molecule has 2 rings (SSSR count). The average Bonchev–Trinajstić information content (AvgIpc) is 2.73. The molecule has 5 nitrogen and oxygen atoms in total. The van der Waals surface area contributed by atoms with Crippen molar-refractivity contribution in [1.82, 2.24) is 10.1 Å². The van der Waals surface area contributed by atoms with Crippen LogP contribution >= 0.6 is 0 Å². The van der Waals surface area contributed by atoms with Crippen molar-refractivity contribution in [3.05, 3.63) is 36.0 Å². The van der Waals surface area contributed by atoms with Crippen LogP contribution in [0.1, 0.15) is 32.5 Å². The molecule has 5 heteroatoms. The molecule has 0 bridgehead atoms. The summed E-state index contributed by atoms with van der Waals surface area (Å²) in [5.74, 6) is 1.54. The minimum absolute atomic E-state index is 0.144. The smallest absolute Gasteiger partial charge is 0.245 e. The van der Waals surface area contributed by atoms with Crippen molar-refractivity contribution < 1.29 is 9.63 Å². The van der Waals surface area contributed by atoms with Gasteiger partial charge in [-0.25, -0.2) is 0 Å². The number of hydrogen-bond donors (Lipinski definition) is 2. The normalized spacial score (nSPS) is 11.5. The van der Waals surface area contributed by atoms with Crippen LogP contribution in [0.15, 0.2) is 28.8 Å². The first-order valence-corrected chi connectivity index (χ1v) is 6.27. The molecule has 0 atom stereocenters. The molecule has 2 N–H and O–H groups in total. The second kappa shape index (κ2) is 5.30. The quantitative estimate of drug-likeness (QED) is 0.828. The predicted octanol–water partition coefficient (Wildman–Crippen LogP) is 2.98. The second-order valence-electron chi connectivity index (χ2n) is 5.74. The van der Waals surface area contributed by atoms with Gasteiger partial charge in [0.15, 0.2) is 5.82 Å². The van der Waals surface area contributed by atoms with Crippen LogP contribution in [0.25, 0.3) is 0 Å². The van der Waals surface area contributed by atoms with Crippen molar-refractivity contribution in [3.63, 3.8) is 0 Å². The van der Waals surface area contributed by atoms with E-state index in [1.165, 1.54) is 0 Å². The summed E-state index contributed by atoms with van der Waals surface area (Å²) in [5, 5.41) is 16.3. The van der Waals surface area contributed by atoms with Crippen molar-refractivity contribution in [2.75, 3.05) is 5.32 Å². The third-order valence-corrected chi connectivity index (χ3v) is 2.51. The fourth-order valence-corrected chi connectivity index (χ4v) is 1.67. The van der Waals surface area contributed by atoms with Crippen LogP contribution in [0.2, 0.25) is 0 Å². The number of hydrogen-bond acceptors (Lipinski definition) is 5. The molecular formula is C14H19N3O2. The van der Waals surface area contributed by atoms with Gasteiger partial charge < -0.3 is 14.9 Å². The van der Waals surface area contributed by atoms with Crippen molar-refractivity contribution in [3.8, 4) is 5.75 Å². The maximum Gasteiger partial charge on any atom is 0.245 e. The molecular weight excluding hydrogens is 242 g/mol. The van der Waals surface area contributed by atoms with Gasteiger partial charge in [-0.3, -0.25) is 0 Å². The van der Waals surface area contributed by atoms with Crippen molar-refractivity contribution in [2.24, 2.45) is 5.41 Å². The summed E-state index contributed by atoms with van der Waals surface area (Å²) in [6.45, 7) is 6.88. The lowest BCUT2D eigenvalue weighted by atomic mass is 9.92. The van der Waals surface area contributed by atoms with Crippen molar-refractivity contribution >= 4 is 5.69 Å². The van der Waals surface area contributed by atoms with Crippen LogP contribution in [0.3, 0.4) is 0 Å². The average molecular weight is 261 g/mol. The Labute approximate surface area is 112 Å². The van der Waals surface area contributed by atoms with E-state index < -0.39 is 0 Å². The summed E-state index contributed by atoms with van der Waals surface area (Å²) in [6, 6.07) is 6.84. The summed E-state index contributed by atoms with van der Waals surface area (Å²) < 4.78 is 5.18. The number of phenolic OH excluding ortho intramolecular Hbond substituents is 1. The molecule has 0 fully saturated rings. The fourth-order valence-electron chi connectivity index (χ4n) is 1.67. The molecule has 19 heavy (non-hydrogen) atoms. The molecule has 0 aliphatic heterocycles. The molecule has 0 amide bonds. The molecule has 1 heterocycles. The lowest BCUT2D eigenvalue weighted by molar-refractivity contribution is 0.357. The molecule has 0 saturated carbocycles. The number of aromatic nitrogens is 2. The molecule has 1 aromatic heterocycles. The predicted molar refractivity (Wildman–Crippen MR) is 72.9 cm³/mol. The van der Waals surface area contributed by atoms with E-state index in [-0.39, 0.29) is 11.2 Å². The highest BCUT2D eigenvalue weighted by molar-refractivity contribution is 5.45. The van der Waals surface area contributed by atoms with E-state index in [1.807, 2.05) is 0 Å². The minimum Gasteiger partial charge on any atom is -0.508 e. The van der Waals surface area contributed by atoms with Crippen LogP contribution in [0.5, 0.6) is 5.75 Å². The maximum atomic E-state index is 9.18. The molecule has 0 unspecified atom stereocenters. The molecule has 2 aromatic rings. The topological polar surface area (TPSA) is 71.2 Å². The van der Waals surface area contributed by atoms with Crippen LogP contribution in [-0.2, 0) is 13.0 Å². The molecule has 0 radical (unpaired) electrons. The van der Waals surface area contributed by atoms with E-state index in [0.29, 0.717) is 12.4 Å². The van der Waals surface area contributed by atoms with Gasteiger partial charge in [0.05, 0.1) is 6.54 Å². The Morgan fingerprint density at radius 3 is 2.53 bits per heavy atom. The summed E-state index contributed by atoms with van der Waals surface area (Å²) in [6.07, 6.45) is 0.787. The third kappa shape index (κ3) is 4.28. The number of nitrogens with zero attached hydrogens (tertiary/aromatic N) is 2. The molecule has 0 spiro atoms. The molecule has 0 aliphatic rings. The minimum atomic E-state index is 0.144. The van der Waals surface area contributed by atoms with Crippen molar-refractivity contribution in [1.29, 1.82) is 0 Å². The van der Waals surface area contributed by atoms with Gasteiger partial charge in [0.1, 0.15) is 5.75 Å². The highest BCUT2D eigenvalue weighted by atomic mass is 16.5. The van der Waals surface area contributed by atoms with Crippen molar-refractivity contribution in [2.45, 2.75) is 33.7 Å².